The maximum Gasteiger partial charge on any atom is 0.244 e. The molecule has 0 spiro atoms. The number of methoxy groups -OCH3 is 2. The van der Waals surface area contributed by atoms with Crippen molar-refractivity contribution in [1.82, 2.24) is 9.71 Å². The topological polar surface area (TPSA) is 107 Å². The predicted octanol–water partition coefficient (Wildman–Crippen LogP) is 2.23. The second-order valence-electron chi connectivity index (χ2n) is 5.38. The first-order valence-corrected chi connectivity index (χ1v) is 10.1. The zero-order valence-electron chi connectivity index (χ0n) is 14.6. The summed E-state index contributed by atoms with van der Waals surface area (Å²) in [5.41, 5.74) is 0.763. The van der Waals surface area contributed by atoms with E-state index < -0.39 is 22.5 Å². The molecule has 0 saturated heterocycles. The molecule has 0 bridgehead atoms. The summed E-state index contributed by atoms with van der Waals surface area (Å²) in [6.45, 7) is -0.446. The van der Waals surface area contributed by atoms with Gasteiger partial charge >= 0.3 is 0 Å². The minimum Gasteiger partial charge on any atom is -0.497 e. The summed E-state index contributed by atoms with van der Waals surface area (Å²) in [6, 6.07) is 11.8. The maximum absolute atomic E-state index is 12.5. The number of thiazole rings is 1. The summed E-state index contributed by atoms with van der Waals surface area (Å²) in [6.07, 6.45) is 0. The minimum absolute atomic E-state index is 0.114. The van der Waals surface area contributed by atoms with Crippen molar-refractivity contribution in [3.8, 4) is 11.5 Å². The Hall–Kier alpha value is -2.69. The molecule has 3 aromatic rings. The Morgan fingerprint density at radius 1 is 1.15 bits per heavy atom. The Balaban J connectivity index is 1.70. The summed E-state index contributed by atoms with van der Waals surface area (Å²) in [7, 11) is -1.19. The average Bonchev–Trinajstić information content (AvgIpc) is 3.08. The van der Waals surface area contributed by atoms with Gasteiger partial charge in [-0.25, -0.2) is 18.1 Å². The number of nitrogens with one attached hydrogen (secondary N) is 2. The Bertz CT molecular complexity index is 1050. The number of benzene rings is 2. The molecule has 27 heavy (non-hydrogen) atoms. The molecule has 0 fully saturated rings. The molecule has 0 radical (unpaired) electrons. The first-order valence-electron chi connectivity index (χ1n) is 7.80. The fourth-order valence-corrected chi connectivity index (χ4v) is 4.37. The summed E-state index contributed by atoms with van der Waals surface area (Å²) in [5, 5.41) is 2.99. The number of anilines is 1. The molecule has 0 unspecified atom stereocenters. The van der Waals surface area contributed by atoms with Crippen LogP contribution in [0.2, 0.25) is 0 Å². The van der Waals surface area contributed by atoms with E-state index in [0.29, 0.717) is 10.9 Å². The quantitative estimate of drug-likeness (QED) is 0.622. The van der Waals surface area contributed by atoms with Gasteiger partial charge in [-0.05, 0) is 24.3 Å². The van der Waals surface area contributed by atoms with Crippen molar-refractivity contribution in [2.45, 2.75) is 4.90 Å². The second-order valence-corrected chi connectivity index (χ2v) is 8.14. The number of hydrogen-bond acceptors (Lipinski definition) is 7. The Labute approximate surface area is 160 Å². The van der Waals surface area contributed by atoms with Gasteiger partial charge in [0.15, 0.2) is 5.13 Å². The lowest BCUT2D eigenvalue weighted by molar-refractivity contribution is -0.115. The lowest BCUT2D eigenvalue weighted by Gasteiger charge is -2.11. The third-order valence-electron chi connectivity index (χ3n) is 3.62. The largest absolute Gasteiger partial charge is 0.497 e. The third kappa shape index (κ3) is 4.35. The summed E-state index contributed by atoms with van der Waals surface area (Å²) >= 11 is 1.31. The Morgan fingerprint density at radius 2 is 1.93 bits per heavy atom. The van der Waals surface area contributed by atoms with Crippen molar-refractivity contribution in [2.24, 2.45) is 0 Å². The smallest absolute Gasteiger partial charge is 0.244 e. The van der Waals surface area contributed by atoms with E-state index in [1.807, 2.05) is 24.3 Å². The highest BCUT2D eigenvalue weighted by Crippen LogP contribution is 2.28. The molecule has 0 aliphatic carbocycles. The fourth-order valence-electron chi connectivity index (χ4n) is 2.32. The number of aromatic nitrogens is 1. The van der Waals surface area contributed by atoms with E-state index in [2.05, 4.69) is 15.0 Å². The van der Waals surface area contributed by atoms with Gasteiger partial charge in [0.2, 0.25) is 15.9 Å². The van der Waals surface area contributed by atoms with Crippen LogP contribution in [-0.4, -0.2) is 40.1 Å². The molecule has 1 aromatic heterocycles. The number of hydrogen-bond donors (Lipinski definition) is 2. The number of amides is 1. The zero-order valence-corrected chi connectivity index (χ0v) is 16.2. The SMILES string of the molecule is COc1ccc(OC)c(S(=O)(=O)NCC(=O)Nc2nc3ccccc3s2)c1. The van der Waals surface area contributed by atoms with Crippen LogP contribution in [0.4, 0.5) is 5.13 Å². The van der Waals surface area contributed by atoms with E-state index in [4.69, 9.17) is 9.47 Å². The number of fused-ring (bicyclic) bond motifs is 1. The number of carbonyl (C=O) groups is 1. The van der Waals surface area contributed by atoms with Crippen molar-refractivity contribution in [2.75, 3.05) is 26.1 Å². The van der Waals surface area contributed by atoms with E-state index >= 15 is 0 Å². The molecule has 2 N–H and O–H groups in total. The molecule has 3 rings (SSSR count). The van der Waals surface area contributed by atoms with Gasteiger partial charge in [-0.15, -0.1) is 0 Å². The first-order chi connectivity index (χ1) is 12.9. The second kappa shape index (κ2) is 7.91. The van der Waals surface area contributed by atoms with Crippen molar-refractivity contribution in [3.05, 3.63) is 42.5 Å². The predicted molar refractivity (Wildman–Crippen MR) is 103 cm³/mol. The Kier molecular flexibility index (Phi) is 5.59. The van der Waals surface area contributed by atoms with Gasteiger partial charge in [0, 0.05) is 6.07 Å². The third-order valence-corrected chi connectivity index (χ3v) is 6.00. The van der Waals surface area contributed by atoms with Crippen LogP contribution in [0.1, 0.15) is 0 Å². The first kappa shape index (κ1) is 19.1. The molecule has 0 aliphatic rings. The molecule has 0 aliphatic heterocycles. The lowest BCUT2D eigenvalue weighted by atomic mass is 10.3. The standard InChI is InChI=1S/C17H17N3O5S2/c1-24-11-7-8-13(25-2)15(9-11)27(22,23)18-10-16(21)20-17-19-12-5-3-4-6-14(12)26-17/h3-9,18H,10H2,1-2H3,(H,19,20,21). The Morgan fingerprint density at radius 3 is 2.63 bits per heavy atom. The van der Waals surface area contributed by atoms with E-state index in [1.165, 1.54) is 37.7 Å². The van der Waals surface area contributed by atoms with Crippen molar-refractivity contribution < 1.29 is 22.7 Å². The lowest BCUT2D eigenvalue weighted by Crippen LogP contribution is -2.33. The van der Waals surface area contributed by atoms with Gasteiger partial charge in [-0.2, -0.15) is 0 Å². The van der Waals surface area contributed by atoms with E-state index in [9.17, 15) is 13.2 Å². The van der Waals surface area contributed by atoms with Crippen LogP contribution in [-0.2, 0) is 14.8 Å². The van der Waals surface area contributed by atoms with Gasteiger partial charge in [-0.1, -0.05) is 23.5 Å². The van der Waals surface area contributed by atoms with Gasteiger partial charge < -0.3 is 14.8 Å². The molecule has 0 atom stereocenters. The number of nitrogens with zero attached hydrogens (tertiary/aromatic N) is 1. The molecular formula is C17H17N3O5S2. The maximum atomic E-state index is 12.5. The van der Waals surface area contributed by atoms with Crippen LogP contribution in [0.3, 0.4) is 0 Å². The molecule has 2 aromatic carbocycles. The monoisotopic (exact) mass is 407 g/mol. The normalized spacial score (nSPS) is 11.3. The van der Waals surface area contributed by atoms with Crippen LogP contribution >= 0.6 is 11.3 Å². The van der Waals surface area contributed by atoms with Gasteiger partial charge in [-0.3, -0.25) is 4.79 Å². The summed E-state index contributed by atoms with van der Waals surface area (Å²) in [5.74, 6) is -0.0236. The van der Waals surface area contributed by atoms with E-state index in [-0.39, 0.29) is 10.6 Å². The van der Waals surface area contributed by atoms with Crippen LogP contribution in [0.15, 0.2) is 47.4 Å². The number of ether oxygens (including phenoxy) is 2. The zero-order chi connectivity index (χ0) is 19.4. The summed E-state index contributed by atoms with van der Waals surface area (Å²) < 4.78 is 38.4. The van der Waals surface area contributed by atoms with Gasteiger partial charge in [0.05, 0.1) is 31.0 Å². The molecule has 8 nitrogen and oxygen atoms in total. The highest BCUT2D eigenvalue weighted by atomic mass is 32.2. The molecule has 142 valence electrons. The number of sulfonamides is 1. The van der Waals surface area contributed by atoms with E-state index in [0.717, 1.165) is 10.2 Å². The van der Waals surface area contributed by atoms with Crippen molar-refractivity contribution in [3.63, 3.8) is 0 Å². The van der Waals surface area contributed by atoms with Crippen LogP contribution in [0.25, 0.3) is 10.2 Å². The summed E-state index contributed by atoms with van der Waals surface area (Å²) in [4.78, 5) is 16.3. The fraction of sp³-hybridized carbons (Fsp3) is 0.176. The van der Waals surface area contributed by atoms with Crippen molar-refractivity contribution >= 4 is 42.6 Å². The highest BCUT2D eigenvalue weighted by molar-refractivity contribution is 7.89. The average molecular weight is 407 g/mol. The number of carbonyl (C=O) groups excluding carboxylic acids is 1. The molecular weight excluding hydrogens is 390 g/mol. The van der Waals surface area contributed by atoms with Crippen LogP contribution in [0, 0.1) is 0 Å². The van der Waals surface area contributed by atoms with Gasteiger partial charge in [0.1, 0.15) is 16.4 Å². The van der Waals surface area contributed by atoms with Gasteiger partial charge in [0.25, 0.3) is 0 Å². The molecule has 1 amide bonds. The molecule has 1 heterocycles. The number of para-hydroxylation sites is 1. The molecule has 0 saturated carbocycles. The van der Waals surface area contributed by atoms with E-state index in [1.54, 1.807) is 6.07 Å². The van der Waals surface area contributed by atoms with Crippen molar-refractivity contribution in [1.29, 1.82) is 0 Å². The number of rotatable bonds is 7. The van der Waals surface area contributed by atoms with Crippen LogP contribution in [0.5, 0.6) is 11.5 Å². The van der Waals surface area contributed by atoms with Crippen LogP contribution < -0.4 is 19.5 Å². The minimum atomic E-state index is -3.98. The highest BCUT2D eigenvalue weighted by Gasteiger charge is 2.21. The molecule has 10 heteroatoms.